The van der Waals surface area contributed by atoms with E-state index < -0.39 is 11.4 Å². The van der Waals surface area contributed by atoms with Gasteiger partial charge in [0.05, 0.1) is 32.3 Å². The van der Waals surface area contributed by atoms with Gasteiger partial charge in [0.15, 0.2) is 11.6 Å². The first-order valence-electron chi connectivity index (χ1n) is 8.27. The molecule has 2 aromatic rings. The van der Waals surface area contributed by atoms with Crippen LogP contribution in [0.1, 0.15) is 19.3 Å². The van der Waals surface area contributed by atoms with E-state index in [0.717, 1.165) is 0 Å². The largest absolute Gasteiger partial charge is 0.490 e. The molecule has 1 saturated heterocycles. The topological polar surface area (TPSA) is 80.5 Å². The van der Waals surface area contributed by atoms with Crippen LogP contribution in [0.25, 0.3) is 0 Å². The molecule has 0 spiro atoms. The number of amides is 1. The number of β-amino-alcohol motifs (C(OH)–C–C–N with tert-alkyl or cyclic N) is 1. The average Bonchev–Trinajstić information content (AvgIpc) is 3.08. The summed E-state index contributed by atoms with van der Waals surface area (Å²) in [6.07, 6.45) is 4.68. The van der Waals surface area contributed by atoms with Gasteiger partial charge >= 0.3 is 0 Å². The summed E-state index contributed by atoms with van der Waals surface area (Å²) in [6, 6.07) is 6.09. The Kier molecular flexibility index (Phi) is 5.28. The molecule has 25 heavy (non-hydrogen) atoms. The Morgan fingerprint density at radius 1 is 1.40 bits per heavy atom. The molecule has 2 heterocycles. The summed E-state index contributed by atoms with van der Waals surface area (Å²) in [4.78, 5) is 14.0. The van der Waals surface area contributed by atoms with E-state index in [1.54, 1.807) is 34.1 Å². The summed E-state index contributed by atoms with van der Waals surface area (Å²) in [5, 5.41) is 18.3. The lowest BCUT2D eigenvalue weighted by molar-refractivity contribution is -0.139. The number of carbonyl (C=O) groups excluding carboxylic acids is 1. The molecule has 1 atom stereocenters. The molecule has 1 amide bonds. The molecule has 7 nitrogen and oxygen atoms in total. The summed E-state index contributed by atoms with van der Waals surface area (Å²) in [5.41, 5.74) is -1.02. The number of piperidine rings is 1. The van der Waals surface area contributed by atoms with Crippen LogP contribution in [0.5, 0.6) is 5.75 Å². The molecule has 0 radical (unpaired) electrons. The van der Waals surface area contributed by atoms with Crippen LogP contribution in [-0.2, 0) is 11.3 Å². The normalized spacial score (nSPS) is 20.5. The SMILES string of the molecule is O=C(CCOc1ccccc1F)N1CCCC(O)(Cn2ccnn2)C1. The third kappa shape index (κ3) is 4.54. The highest BCUT2D eigenvalue weighted by Crippen LogP contribution is 2.23. The van der Waals surface area contributed by atoms with Crippen LogP contribution in [0.3, 0.4) is 0 Å². The lowest BCUT2D eigenvalue weighted by Gasteiger charge is -2.39. The van der Waals surface area contributed by atoms with Gasteiger partial charge in [-0.15, -0.1) is 5.10 Å². The van der Waals surface area contributed by atoms with E-state index in [9.17, 15) is 14.3 Å². The van der Waals surface area contributed by atoms with Gasteiger partial charge < -0.3 is 14.7 Å². The molecule has 1 fully saturated rings. The maximum Gasteiger partial charge on any atom is 0.226 e. The summed E-state index contributed by atoms with van der Waals surface area (Å²) >= 11 is 0. The maximum atomic E-state index is 13.5. The first-order valence-corrected chi connectivity index (χ1v) is 8.27. The lowest BCUT2D eigenvalue weighted by atomic mass is 9.92. The van der Waals surface area contributed by atoms with Gasteiger partial charge in [0, 0.05) is 12.7 Å². The zero-order valence-electron chi connectivity index (χ0n) is 13.8. The molecule has 0 bridgehead atoms. The lowest BCUT2D eigenvalue weighted by Crippen LogP contribution is -2.52. The monoisotopic (exact) mass is 348 g/mol. The highest BCUT2D eigenvalue weighted by Gasteiger charge is 2.35. The molecular weight excluding hydrogens is 327 g/mol. The summed E-state index contributed by atoms with van der Waals surface area (Å²) in [7, 11) is 0. The summed E-state index contributed by atoms with van der Waals surface area (Å²) in [5.74, 6) is -0.431. The molecule has 0 aliphatic carbocycles. The number of aromatic nitrogens is 3. The Morgan fingerprint density at radius 3 is 3.00 bits per heavy atom. The summed E-state index contributed by atoms with van der Waals surface area (Å²) < 4.78 is 20.4. The number of nitrogens with zero attached hydrogens (tertiary/aromatic N) is 4. The number of hydrogen-bond acceptors (Lipinski definition) is 5. The molecule has 3 rings (SSSR count). The van der Waals surface area contributed by atoms with Crippen molar-refractivity contribution in [1.29, 1.82) is 0 Å². The molecule has 1 aromatic carbocycles. The molecular formula is C17H21FN4O3. The fraction of sp³-hybridized carbons (Fsp3) is 0.471. The van der Waals surface area contributed by atoms with Crippen molar-refractivity contribution in [3.63, 3.8) is 0 Å². The maximum absolute atomic E-state index is 13.5. The minimum absolute atomic E-state index is 0.0950. The van der Waals surface area contributed by atoms with Crippen molar-refractivity contribution in [3.8, 4) is 5.75 Å². The minimum atomic E-state index is -1.02. The number of hydrogen-bond donors (Lipinski definition) is 1. The second-order valence-electron chi connectivity index (χ2n) is 6.27. The molecule has 1 unspecified atom stereocenters. The standard InChI is InChI=1S/C17H21FN4O3/c18-14-4-1-2-5-15(14)25-11-6-16(23)21-9-3-7-17(24,12-21)13-22-10-8-19-20-22/h1-2,4-5,8,10,24H,3,6-7,9,11-13H2. The summed E-state index contributed by atoms with van der Waals surface area (Å²) in [6.45, 7) is 1.23. The number of para-hydroxylation sites is 1. The van der Waals surface area contributed by atoms with Gasteiger partial charge in [-0.2, -0.15) is 0 Å². The van der Waals surface area contributed by atoms with Gasteiger partial charge in [-0.25, -0.2) is 9.07 Å². The number of aliphatic hydroxyl groups is 1. The zero-order chi connectivity index (χ0) is 17.7. The molecule has 8 heteroatoms. The Bertz CT molecular complexity index is 710. The first-order chi connectivity index (χ1) is 12.1. The van der Waals surface area contributed by atoms with Gasteiger partial charge in [0.2, 0.25) is 5.91 Å². The number of ether oxygens (including phenoxy) is 1. The highest BCUT2D eigenvalue weighted by molar-refractivity contribution is 5.76. The number of carbonyl (C=O) groups is 1. The van der Waals surface area contributed by atoms with Crippen LogP contribution in [0.15, 0.2) is 36.7 Å². The minimum Gasteiger partial charge on any atom is -0.490 e. The molecule has 1 aliphatic heterocycles. The van der Waals surface area contributed by atoms with Crippen LogP contribution in [0.4, 0.5) is 4.39 Å². The molecule has 1 aromatic heterocycles. The highest BCUT2D eigenvalue weighted by atomic mass is 19.1. The van der Waals surface area contributed by atoms with E-state index in [-0.39, 0.29) is 31.2 Å². The van der Waals surface area contributed by atoms with Crippen molar-refractivity contribution in [2.45, 2.75) is 31.4 Å². The third-order valence-corrected chi connectivity index (χ3v) is 4.25. The molecule has 1 N–H and O–H groups in total. The first kappa shape index (κ1) is 17.3. The van der Waals surface area contributed by atoms with Crippen LogP contribution >= 0.6 is 0 Å². The van der Waals surface area contributed by atoms with E-state index in [2.05, 4.69) is 10.3 Å². The van der Waals surface area contributed by atoms with Crippen molar-refractivity contribution in [1.82, 2.24) is 19.9 Å². The smallest absolute Gasteiger partial charge is 0.226 e. The molecule has 134 valence electrons. The second kappa shape index (κ2) is 7.60. The Balaban J connectivity index is 1.50. The van der Waals surface area contributed by atoms with Crippen LogP contribution in [0.2, 0.25) is 0 Å². The van der Waals surface area contributed by atoms with Gasteiger partial charge in [0.25, 0.3) is 0 Å². The van der Waals surface area contributed by atoms with Gasteiger partial charge in [-0.1, -0.05) is 17.3 Å². The van der Waals surface area contributed by atoms with Gasteiger partial charge in [-0.05, 0) is 25.0 Å². The van der Waals surface area contributed by atoms with E-state index >= 15 is 0 Å². The Morgan fingerprint density at radius 2 is 2.24 bits per heavy atom. The van der Waals surface area contributed by atoms with Crippen molar-refractivity contribution < 1.29 is 19.0 Å². The van der Waals surface area contributed by atoms with Crippen LogP contribution in [-0.4, -0.2) is 56.2 Å². The third-order valence-electron chi connectivity index (χ3n) is 4.25. The number of benzene rings is 1. The predicted molar refractivity (Wildman–Crippen MR) is 87.3 cm³/mol. The number of rotatable bonds is 6. The average molecular weight is 348 g/mol. The van der Waals surface area contributed by atoms with Gasteiger partial charge in [0.1, 0.15) is 5.60 Å². The molecule has 1 aliphatic rings. The van der Waals surface area contributed by atoms with E-state index in [1.165, 1.54) is 12.1 Å². The van der Waals surface area contributed by atoms with Crippen LogP contribution < -0.4 is 4.74 Å². The number of likely N-dealkylation sites (tertiary alicyclic amines) is 1. The van der Waals surface area contributed by atoms with Crippen molar-refractivity contribution in [2.75, 3.05) is 19.7 Å². The quantitative estimate of drug-likeness (QED) is 0.850. The van der Waals surface area contributed by atoms with Crippen LogP contribution in [0, 0.1) is 5.82 Å². The Labute approximate surface area is 145 Å². The predicted octanol–water partition coefficient (Wildman–Crippen LogP) is 1.24. The second-order valence-corrected chi connectivity index (χ2v) is 6.27. The van der Waals surface area contributed by atoms with Gasteiger partial charge in [-0.3, -0.25) is 4.79 Å². The zero-order valence-corrected chi connectivity index (χ0v) is 13.8. The van der Waals surface area contributed by atoms with E-state index in [4.69, 9.17) is 4.74 Å². The number of halogens is 1. The fourth-order valence-electron chi connectivity index (χ4n) is 3.04. The van der Waals surface area contributed by atoms with Crippen molar-refractivity contribution >= 4 is 5.91 Å². The molecule has 0 saturated carbocycles. The van der Waals surface area contributed by atoms with E-state index in [1.807, 2.05) is 0 Å². The Hall–Kier alpha value is -2.48. The van der Waals surface area contributed by atoms with E-state index in [0.29, 0.717) is 25.9 Å². The van der Waals surface area contributed by atoms with Crippen molar-refractivity contribution in [3.05, 3.63) is 42.5 Å². The van der Waals surface area contributed by atoms with Crippen molar-refractivity contribution in [2.24, 2.45) is 0 Å². The fourth-order valence-corrected chi connectivity index (χ4v) is 3.04.